The number of hydrazine groups is 2. The third-order valence-corrected chi connectivity index (χ3v) is 0.249. The van der Waals surface area contributed by atoms with Gasteiger partial charge in [0.2, 0.25) is 0 Å². The summed E-state index contributed by atoms with van der Waals surface area (Å²) >= 11 is 0. The predicted molar refractivity (Wildman–Crippen MR) is 24.6 cm³/mol. The Labute approximate surface area is 36.4 Å². The lowest BCUT2D eigenvalue weighted by molar-refractivity contribution is 0.480. The van der Waals surface area contributed by atoms with Gasteiger partial charge in [0, 0.05) is 7.05 Å². The summed E-state index contributed by atoms with van der Waals surface area (Å²) in [5.74, 6) is 9.73. The van der Waals surface area contributed by atoms with Crippen molar-refractivity contribution in [3.05, 3.63) is 0 Å². The van der Waals surface area contributed by atoms with Gasteiger partial charge in [-0.25, -0.2) is 16.8 Å². The zero-order valence-electron chi connectivity index (χ0n) is 3.63. The first kappa shape index (κ1) is 5.39. The molecule has 0 heterocycles. The summed E-state index contributed by atoms with van der Waals surface area (Å²) < 4.78 is 0. The normalized spacial score (nSPS) is 9.83. The molecule has 0 saturated carbocycles. The lowest BCUT2D eigenvalue weighted by atomic mass is 11.2. The highest BCUT2D eigenvalue weighted by Gasteiger charge is 1.67. The second kappa shape index (κ2) is 2.62. The summed E-state index contributed by atoms with van der Waals surface area (Å²) in [5.41, 5.74) is 0. The average Bonchev–Trinajstić information content (AvgIpc) is 1.35. The van der Waals surface area contributed by atoms with Crippen molar-refractivity contribution >= 4 is 6.34 Å². The topological polar surface area (TPSA) is 67.6 Å². The quantitative estimate of drug-likeness (QED) is 0.181. The molecule has 0 unspecified atom stereocenters. The fraction of sp³-hybridized carbons (Fsp3) is 0.500. The van der Waals surface area contributed by atoms with Crippen LogP contribution in [0.1, 0.15) is 0 Å². The van der Waals surface area contributed by atoms with Gasteiger partial charge in [0.15, 0.2) is 0 Å². The summed E-state index contributed by atoms with van der Waals surface area (Å²) in [6.45, 7) is 0. The molecule has 36 valence electrons. The van der Waals surface area contributed by atoms with Gasteiger partial charge in [0.25, 0.3) is 0 Å². The Morgan fingerprint density at radius 1 is 1.67 bits per heavy atom. The molecule has 0 radical (unpaired) electrons. The maximum Gasteiger partial charge on any atom is 0.116 e. The number of nitrogens with zero attached hydrogens (tertiary/aromatic N) is 2. The largest absolute Gasteiger partial charge is 0.276 e. The molecule has 6 heavy (non-hydrogen) atoms. The molecule has 0 atom stereocenters. The van der Waals surface area contributed by atoms with Gasteiger partial charge >= 0.3 is 0 Å². The van der Waals surface area contributed by atoms with Crippen molar-refractivity contribution < 1.29 is 0 Å². The molecular weight excluding hydrogens is 80.0 g/mol. The SMILES string of the molecule is C/N=C\N(N)N. The van der Waals surface area contributed by atoms with Gasteiger partial charge in [-0.15, -0.1) is 0 Å². The predicted octanol–water partition coefficient (Wildman–Crippen LogP) is -1.31. The number of aliphatic imine (C=N–C) groups is 1. The zero-order valence-corrected chi connectivity index (χ0v) is 3.63. The first-order chi connectivity index (χ1) is 2.77. The highest BCUT2D eigenvalue weighted by Crippen LogP contribution is 1.47. The minimum Gasteiger partial charge on any atom is -0.276 e. The average molecular weight is 88.1 g/mol. The fourth-order valence-electron chi connectivity index (χ4n) is 0.133. The van der Waals surface area contributed by atoms with Crippen molar-refractivity contribution in [1.82, 2.24) is 5.12 Å². The van der Waals surface area contributed by atoms with E-state index in [0.29, 0.717) is 0 Å². The van der Waals surface area contributed by atoms with Crippen LogP contribution < -0.4 is 11.7 Å². The van der Waals surface area contributed by atoms with Gasteiger partial charge in [-0.3, -0.25) is 4.99 Å². The standard InChI is InChI=1S/C2H8N4/c1-5-2-6(3)4/h2H,3-4H2,1H3/b5-2-. The Bertz CT molecular complexity index is 47.5. The Kier molecular flexibility index (Phi) is 2.35. The molecule has 0 fully saturated rings. The first-order valence-corrected chi connectivity index (χ1v) is 1.48. The van der Waals surface area contributed by atoms with E-state index in [0.717, 1.165) is 5.12 Å². The number of rotatable bonds is 1. The summed E-state index contributed by atoms with van der Waals surface area (Å²) in [5, 5.41) is 0.889. The number of hydrogen-bond acceptors (Lipinski definition) is 3. The van der Waals surface area contributed by atoms with Gasteiger partial charge in [-0.05, 0) is 0 Å². The molecule has 4 N–H and O–H groups in total. The molecule has 0 bridgehead atoms. The molecule has 0 saturated heterocycles. The van der Waals surface area contributed by atoms with Crippen LogP contribution >= 0.6 is 0 Å². The lowest BCUT2D eigenvalue weighted by Crippen LogP contribution is -2.36. The summed E-state index contributed by atoms with van der Waals surface area (Å²) in [6, 6.07) is 0. The first-order valence-electron chi connectivity index (χ1n) is 1.48. The summed E-state index contributed by atoms with van der Waals surface area (Å²) in [7, 11) is 1.59. The third-order valence-electron chi connectivity index (χ3n) is 0.249. The van der Waals surface area contributed by atoms with Gasteiger partial charge in [-0.2, -0.15) is 0 Å². The molecule has 0 aliphatic rings. The minimum atomic E-state index is 0.889. The molecule has 0 aromatic rings. The second-order valence-corrected chi connectivity index (χ2v) is 0.821. The second-order valence-electron chi connectivity index (χ2n) is 0.821. The molecular formula is C2H8N4. The lowest BCUT2D eigenvalue weighted by Gasteiger charge is -1.98. The van der Waals surface area contributed by atoms with Crippen LogP contribution in [0.5, 0.6) is 0 Å². The van der Waals surface area contributed by atoms with Crippen LogP contribution in [0.25, 0.3) is 0 Å². The van der Waals surface area contributed by atoms with Crippen molar-refractivity contribution in [3.8, 4) is 0 Å². The molecule has 0 aromatic heterocycles. The van der Waals surface area contributed by atoms with Crippen LogP contribution in [0, 0.1) is 0 Å². The van der Waals surface area contributed by atoms with Crippen LogP contribution in [0.3, 0.4) is 0 Å². The van der Waals surface area contributed by atoms with Crippen molar-refractivity contribution in [2.75, 3.05) is 7.05 Å². The number of nitrogens with two attached hydrogens (primary N) is 2. The van der Waals surface area contributed by atoms with Crippen molar-refractivity contribution in [2.45, 2.75) is 0 Å². The molecule has 4 nitrogen and oxygen atoms in total. The molecule has 0 aromatic carbocycles. The van der Waals surface area contributed by atoms with E-state index in [-0.39, 0.29) is 0 Å². The van der Waals surface area contributed by atoms with Crippen LogP contribution in [0.4, 0.5) is 0 Å². The minimum absolute atomic E-state index is 0.889. The highest BCUT2D eigenvalue weighted by atomic mass is 15.6. The van der Waals surface area contributed by atoms with E-state index in [1.54, 1.807) is 7.05 Å². The monoisotopic (exact) mass is 88.1 g/mol. The fourth-order valence-corrected chi connectivity index (χ4v) is 0.133. The van der Waals surface area contributed by atoms with E-state index in [4.69, 9.17) is 11.7 Å². The number of hydrogen-bond donors (Lipinski definition) is 2. The van der Waals surface area contributed by atoms with E-state index in [1.807, 2.05) is 0 Å². The third kappa shape index (κ3) is 3.39. The Morgan fingerprint density at radius 2 is 2.17 bits per heavy atom. The maximum atomic E-state index is 4.86. The zero-order chi connectivity index (χ0) is 4.99. The van der Waals surface area contributed by atoms with Crippen molar-refractivity contribution in [2.24, 2.45) is 16.7 Å². The van der Waals surface area contributed by atoms with Crippen LogP contribution in [0.2, 0.25) is 0 Å². The van der Waals surface area contributed by atoms with E-state index >= 15 is 0 Å². The molecule has 0 rings (SSSR count). The van der Waals surface area contributed by atoms with Crippen LogP contribution in [0.15, 0.2) is 4.99 Å². The summed E-state index contributed by atoms with van der Waals surface area (Å²) in [6.07, 6.45) is 1.31. The maximum absolute atomic E-state index is 4.86. The molecule has 4 heteroatoms. The van der Waals surface area contributed by atoms with Gasteiger partial charge < -0.3 is 0 Å². The van der Waals surface area contributed by atoms with E-state index in [2.05, 4.69) is 4.99 Å². The van der Waals surface area contributed by atoms with E-state index < -0.39 is 0 Å². The van der Waals surface area contributed by atoms with Gasteiger partial charge in [0.1, 0.15) is 6.34 Å². The smallest absolute Gasteiger partial charge is 0.116 e. The molecule has 0 amide bonds. The van der Waals surface area contributed by atoms with Gasteiger partial charge in [0.05, 0.1) is 0 Å². The highest BCUT2D eigenvalue weighted by molar-refractivity contribution is 5.52. The van der Waals surface area contributed by atoms with Crippen molar-refractivity contribution in [3.63, 3.8) is 0 Å². The Hall–Kier alpha value is -0.610. The Morgan fingerprint density at radius 3 is 2.17 bits per heavy atom. The van der Waals surface area contributed by atoms with E-state index in [1.165, 1.54) is 6.34 Å². The van der Waals surface area contributed by atoms with Crippen molar-refractivity contribution in [1.29, 1.82) is 0 Å². The Balaban J connectivity index is 3.03. The van der Waals surface area contributed by atoms with Crippen LogP contribution in [-0.2, 0) is 0 Å². The molecule has 0 spiro atoms. The summed E-state index contributed by atoms with van der Waals surface area (Å²) in [4.78, 5) is 3.49. The van der Waals surface area contributed by atoms with Gasteiger partial charge in [-0.1, -0.05) is 0 Å². The van der Waals surface area contributed by atoms with E-state index in [9.17, 15) is 0 Å². The molecule has 0 aliphatic carbocycles. The van der Waals surface area contributed by atoms with Crippen LogP contribution in [-0.4, -0.2) is 18.5 Å². The molecule has 0 aliphatic heterocycles.